The van der Waals surface area contributed by atoms with Crippen LogP contribution in [-0.2, 0) is 29.7 Å². The standard InChI is InChI=1S/C40H62ClFN6O7Si2/c1-25(23-53-56(11,12)39(5,6)7)47(21-32(49)45-30(24-54-57(13,14)40(8,9)10)27-16-15-17-29(41)34(27)42)33(50)22-48-31-19-18-26(44-37(52)55-38(2,3)4)20-28(31)35(46-48)36(43)51/h15-20,25,30H,21-24H2,1-14H3,(H2,43,51)(H,44,52)(H,45,49). The van der Waals surface area contributed by atoms with E-state index in [0.717, 1.165) is 0 Å². The zero-order valence-corrected chi connectivity index (χ0v) is 38.7. The van der Waals surface area contributed by atoms with Gasteiger partial charge in [-0.2, -0.15) is 5.10 Å². The van der Waals surface area contributed by atoms with Crippen LogP contribution in [0.15, 0.2) is 36.4 Å². The Balaban J connectivity index is 2.00. The summed E-state index contributed by atoms with van der Waals surface area (Å²) in [5.74, 6) is -2.58. The Hall–Kier alpha value is -3.84. The van der Waals surface area contributed by atoms with Crippen molar-refractivity contribution < 1.29 is 37.2 Å². The number of carbonyl (C=O) groups excluding carboxylic acids is 4. The van der Waals surface area contributed by atoms with Crippen molar-refractivity contribution in [3.8, 4) is 0 Å². The maximum absolute atomic E-state index is 15.5. The molecule has 3 aromatic rings. The number of aromatic nitrogens is 2. The lowest BCUT2D eigenvalue weighted by molar-refractivity contribution is -0.139. The Bertz CT molecular complexity index is 1950. The van der Waals surface area contributed by atoms with Crippen LogP contribution in [0, 0.1) is 5.82 Å². The molecule has 2 aromatic carbocycles. The number of fused-ring (bicyclic) bond motifs is 1. The van der Waals surface area contributed by atoms with Crippen molar-refractivity contribution in [3.05, 3.63) is 58.5 Å². The van der Waals surface area contributed by atoms with Gasteiger partial charge < -0.3 is 29.5 Å². The molecule has 2 atom stereocenters. The second kappa shape index (κ2) is 18.0. The smallest absolute Gasteiger partial charge is 0.412 e. The predicted octanol–water partition coefficient (Wildman–Crippen LogP) is 8.39. The van der Waals surface area contributed by atoms with E-state index >= 15 is 4.39 Å². The normalized spacial score (nSPS) is 13.9. The molecule has 0 fully saturated rings. The molecular weight excluding hydrogens is 787 g/mol. The van der Waals surface area contributed by atoms with Gasteiger partial charge in [-0.1, -0.05) is 65.3 Å². The third kappa shape index (κ3) is 12.6. The summed E-state index contributed by atoms with van der Waals surface area (Å²) in [7, 11) is -4.62. The van der Waals surface area contributed by atoms with E-state index in [1.54, 1.807) is 52.0 Å². The fourth-order valence-electron chi connectivity index (χ4n) is 5.23. The summed E-state index contributed by atoms with van der Waals surface area (Å²) in [4.78, 5) is 54.8. The van der Waals surface area contributed by atoms with Crippen LogP contribution in [0.5, 0.6) is 0 Å². The molecule has 0 saturated heterocycles. The number of anilines is 1. The van der Waals surface area contributed by atoms with E-state index in [4.69, 9.17) is 30.9 Å². The number of benzene rings is 2. The molecule has 1 heterocycles. The molecular formula is C40H62ClFN6O7Si2. The van der Waals surface area contributed by atoms with Crippen molar-refractivity contribution in [1.82, 2.24) is 20.0 Å². The van der Waals surface area contributed by atoms with E-state index in [0.29, 0.717) is 16.6 Å². The van der Waals surface area contributed by atoms with Gasteiger partial charge >= 0.3 is 6.09 Å². The molecule has 2 unspecified atom stereocenters. The van der Waals surface area contributed by atoms with Gasteiger partial charge in [0.05, 0.1) is 42.4 Å². The lowest BCUT2D eigenvalue weighted by Crippen LogP contribution is -2.51. The maximum Gasteiger partial charge on any atom is 0.412 e. The van der Waals surface area contributed by atoms with Gasteiger partial charge in [0.15, 0.2) is 22.3 Å². The molecule has 0 aliphatic heterocycles. The summed E-state index contributed by atoms with van der Waals surface area (Å²) in [5.41, 5.74) is 5.72. The van der Waals surface area contributed by atoms with Gasteiger partial charge in [-0.25, -0.2) is 9.18 Å². The Morgan fingerprint density at radius 3 is 2.05 bits per heavy atom. The fourth-order valence-corrected chi connectivity index (χ4v) is 7.52. The maximum atomic E-state index is 15.5. The van der Waals surface area contributed by atoms with E-state index in [1.165, 1.54) is 21.7 Å². The van der Waals surface area contributed by atoms with Crippen molar-refractivity contribution in [1.29, 1.82) is 0 Å². The second-order valence-corrected chi connectivity index (χ2v) is 28.5. The highest BCUT2D eigenvalue weighted by molar-refractivity contribution is 6.74. The van der Waals surface area contributed by atoms with Crippen LogP contribution in [0.2, 0.25) is 41.3 Å². The summed E-state index contributed by atoms with van der Waals surface area (Å²) >= 11 is 6.18. The van der Waals surface area contributed by atoms with Gasteiger partial charge in [-0.05, 0) is 88.2 Å². The number of nitrogens with two attached hydrogens (primary N) is 1. The zero-order chi connectivity index (χ0) is 43.5. The number of carbonyl (C=O) groups is 4. The number of nitrogens with one attached hydrogen (secondary N) is 2. The quantitative estimate of drug-likeness (QED) is 0.128. The van der Waals surface area contributed by atoms with E-state index in [1.807, 2.05) is 0 Å². The number of rotatable bonds is 15. The first-order valence-electron chi connectivity index (χ1n) is 19.0. The predicted molar refractivity (Wildman–Crippen MR) is 228 cm³/mol. The van der Waals surface area contributed by atoms with Gasteiger partial charge in [0.25, 0.3) is 5.91 Å². The van der Waals surface area contributed by atoms with Crippen molar-refractivity contribution >= 4 is 68.6 Å². The first-order valence-corrected chi connectivity index (χ1v) is 25.2. The van der Waals surface area contributed by atoms with Crippen molar-refractivity contribution in [2.45, 2.75) is 130 Å². The van der Waals surface area contributed by atoms with Crippen LogP contribution in [-0.4, -0.2) is 86.5 Å². The minimum atomic E-state index is -2.34. The molecule has 0 bridgehead atoms. The Morgan fingerprint density at radius 2 is 1.51 bits per heavy atom. The highest BCUT2D eigenvalue weighted by Crippen LogP contribution is 2.38. The largest absolute Gasteiger partial charge is 0.444 e. The Labute approximate surface area is 343 Å². The van der Waals surface area contributed by atoms with Gasteiger partial charge in [0.1, 0.15) is 18.0 Å². The van der Waals surface area contributed by atoms with E-state index in [-0.39, 0.29) is 46.1 Å². The summed E-state index contributed by atoms with van der Waals surface area (Å²) < 4.78 is 35.1. The fraction of sp³-hybridized carbons (Fsp3) is 0.575. The lowest BCUT2D eigenvalue weighted by atomic mass is 10.1. The summed E-state index contributed by atoms with van der Waals surface area (Å²) in [6.45, 7) is 27.2. The van der Waals surface area contributed by atoms with Crippen LogP contribution >= 0.6 is 11.6 Å². The monoisotopic (exact) mass is 848 g/mol. The van der Waals surface area contributed by atoms with Crippen LogP contribution in [0.3, 0.4) is 0 Å². The molecule has 3 rings (SSSR count). The second-order valence-electron chi connectivity index (χ2n) is 18.5. The molecule has 316 valence electrons. The van der Waals surface area contributed by atoms with Gasteiger partial charge in [0.2, 0.25) is 11.8 Å². The molecule has 0 aliphatic carbocycles. The molecule has 17 heteroatoms. The Morgan fingerprint density at radius 1 is 0.930 bits per heavy atom. The number of nitrogens with zero attached hydrogens (tertiary/aromatic N) is 3. The highest BCUT2D eigenvalue weighted by Gasteiger charge is 2.40. The number of ether oxygens (including phenoxy) is 1. The molecule has 1 aromatic heterocycles. The SMILES string of the molecule is CC(CO[Si](C)(C)C(C)(C)C)N(CC(=O)NC(CO[Si](C)(C)C(C)(C)C)c1cccc(Cl)c1F)C(=O)Cn1nc(C(N)=O)c2cc(NC(=O)OC(C)(C)C)ccc21. The minimum Gasteiger partial charge on any atom is -0.444 e. The van der Waals surface area contributed by atoms with Crippen molar-refractivity contribution in [2.24, 2.45) is 5.73 Å². The Kier molecular flexibility index (Phi) is 15.0. The number of hydrogen-bond donors (Lipinski definition) is 3. The van der Waals surface area contributed by atoms with E-state index in [9.17, 15) is 19.2 Å². The van der Waals surface area contributed by atoms with Gasteiger partial charge in [-0.3, -0.25) is 24.4 Å². The number of halogens is 2. The van der Waals surface area contributed by atoms with Gasteiger partial charge in [0, 0.05) is 16.6 Å². The average molecular weight is 850 g/mol. The zero-order valence-electron chi connectivity index (χ0n) is 36.0. The van der Waals surface area contributed by atoms with E-state index < -0.39 is 70.5 Å². The molecule has 0 aliphatic rings. The van der Waals surface area contributed by atoms with Gasteiger partial charge in [-0.15, -0.1) is 0 Å². The highest BCUT2D eigenvalue weighted by atomic mass is 35.5. The topological polar surface area (TPSA) is 167 Å². The molecule has 0 spiro atoms. The third-order valence-corrected chi connectivity index (χ3v) is 20.0. The molecule has 4 amide bonds. The first-order chi connectivity index (χ1) is 25.9. The average Bonchev–Trinajstić information content (AvgIpc) is 3.41. The number of hydrogen-bond acceptors (Lipinski definition) is 8. The van der Waals surface area contributed by atoms with Crippen LogP contribution < -0.4 is 16.4 Å². The van der Waals surface area contributed by atoms with Crippen LogP contribution in [0.1, 0.15) is 91.3 Å². The molecule has 0 radical (unpaired) electrons. The summed E-state index contributed by atoms with van der Waals surface area (Å²) in [6, 6.07) is 7.78. The number of amides is 4. The minimum absolute atomic E-state index is 0.0164. The van der Waals surface area contributed by atoms with Crippen LogP contribution in [0.4, 0.5) is 14.9 Å². The molecule has 0 saturated carbocycles. The van der Waals surface area contributed by atoms with E-state index in [2.05, 4.69) is 83.5 Å². The first kappa shape index (κ1) is 47.5. The number of primary amides is 1. The summed E-state index contributed by atoms with van der Waals surface area (Å²) in [6.07, 6.45) is -0.695. The van der Waals surface area contributed by atoms with Crippen LogP contribution in [0.25, 0.3) is 10.9 Å². The van der Waals surface area contributed by atoms with Crippen molar-refractivity contribution in [3.63, 3.8) is 0 Å². The molecule has 13 nitrogen and oxygen atoms in total. The van der Waals surface area contributed by atoms with Crippen molar-refractivity contribution in [2.75, 3.05) is 25.1 Å². The lowest BCUT2D eigenvalue weighted by Gasteiger charge is -2.39. The molecule has 57 heavy (non-hydrogen) atoms. The molecule has 4 N–H and O–H groups in total. The third-order valence-electron chi connectivity index (χ3n) is 10.7. The summed E-state index contributed by atoms with van der Waals surface area (Å²) in [5, 5.41) is 9.87.